The van der Waals surface area contributed by atoms with Crippen molar-refractivity contribution in [1.82, 2.24) is 5.32 Å². The fourth-order valence-electron chi connectivity index (χ4n) is 4.29. The Hall–Kier alpha value is -0.730. The highest BCUT2D eigenvalue weighted by Crippen LogP contribution is 2.61. The Morgan fingerprint density at radius 2 is 2.05 bits per heavy atom. The predicted octanol–water partition coefficient (Wildman–Crippen LogP) is 4.06. The molecule has 2 nitrogen and oxygen atoms in total. The zero-order chi connectivity index (χ0) is 14.4. The van der Waals surface area contributed by atoms with E-state index in [2.05, 4.69) is 11.4 Å². The fourth-order valence-corrected chi connectivity index (χ4v) is 4.49. The summed E-state index contributed by atoms with van der Waals surface area (Å²) in [5.41, 5.74) is 1.71. The lowest BCUT2D eigenvalue weighted by molar-refractivity contribution is 0.244. The van der Waals surface area contributed by atoms with E-state index in [-0.39, 0.29) is 0 Å². The van der Waals surface area contributed by atoms with Crippen LogP contribution in [0.4, 0.5) is 0 Å². The maximum absolute atomic E-state index is 6.21. The van der Waals surface area contributed by atoms with Gasteiger partial charge in [0, 0.05) is 17.6 Å². The molecule has 4 rings (SSSR count). The van der Waals surface area contributed by atoms with Gasteiger partial charge in [0.15, 0.2) is 0 Å². The maximum Gasteiger partial charge on any atom is 0.122 e. The molecule has 1 N–H and O–H groups in total. The summed E-state index contributed by atoms with van der Waals surface area (Å²) < 4.78 is 5.55. The number of nitrogens with one attached hydrogen (secondary N) is 1. The van der Waals surface area contributed by atoms with Crippen molar-refractivity contribution in [3.8, 4) is 5.75 Å². The van der Waals surface area contributed by atoms with Crippen molar-refractivity contribution in [2.24, 2.45) is 17.3 Å². The van der Waals surface area contributed by atoms with Crippen LogP contribution in [0.15, 0.2) is 18.2 Å². The summed E-state index contributed by atoms with van der Waals surface area (Å²) >= 11 is 6.21. The number of halogens is 1. The molecule has 21 heavy (non-hydrogen) atoms. The van der Waals surface area contributed by atoms with Crippen LogP contribution in [0.25, 0.3) is 0 Å². The molecular formula is C18H24ClNO. The molecule has 3 heteroatoms. The highest BCUT2D eigenvalue weighted by molar-refractivity contribution is 6.30. The number of hydrogen-bond donors (Lipinski definition) is 1. The SMILES string of the molecule is COc1ccc(Cl)cc1CC1(CNC2CC2)CC2CC2C1. The second-order valence-corrected chi connectivity index (χ2v) is 7.89. The maximum atomic E-state index is 6.21. The van der Waals surface area contributed by atoms with Gasteiger partial charge in [-0.2, -0.15) is 0 Å². The van der Waals surface area contributed by atoms with Gasteiger partial charge in [-0.15, -0.1) is 0 Å². The first-order chi connectivity index (χ1) is 10.2. The summed E-state index contributed by atoms with van der Waals surface area (Å²) in [7, 11) is 1.76. The number of rotatable bonds is 6. The van der Waals surface area contributed by atoms with E-state index in [0.717, 1.165) is 35.1 Å². The first-order valence-corrected chi connectivity index (χ1v) is 8.61. The lowest BCUT2D eigenvalue weighted by Crippen LogP contribution is -2.36. The van der Waals surface area contributed by atoms with E-state index in [0.29, 0.717) is 5.41 Å². The fraction of sp³-hybridized carbons (Fsp3) is 0.667. The van der Waals surface area contributed by atoms with Gasteiger partial charge in [0.2, 0.25) is 0 Å². The van der Waals surface area contributed by atoms with Gasteiger partial charge in [-0.25, -0.2) is 0 Å². The van der Waals surface area contributed by atoms with Crippen LogP contribution in [-0.2, 0) is 6.42 Å². The minimum Gasteiger partial charge on any atom is -0.496 e. The molecule has 3 fully saturated rings. The molecule has 1 aromatic rings. The van der Waals surface area contributed by atoms with Crippen LogP contribution >= 0.6 is 11.6 Å². The van der Waals surface area contributed by atoms with E-state index in [1.165, 1.54) is 44.2 Å². The normalized spacial score (nSPS) is 33.8. The molecule has 2 atom stereocenters. The van der Waals surface area contributed by atoms with Crippen molar-refractivity contribution >= 4 is 11.6 Å². The number of methoxy groups -OCH3 is 1. The van der Waals surface area contributed by atoms with Crippen LogP contribution in [0, 0.1) is 17.3 Å². The molecule has 2 unspecified atom stereocenters. The molecule has 0 saturated heterocycles. The van der Waals surface area contributed by atoms with Gasteiger partial charge < -0.3 is 10.1 Å². The van der Waals surface area contributed by atoms with E-state index >= 15 is 0 Å². The van der Waals surface area contributed by atoms with Crippen molar-refractivity contribution in [3.05, 3.63) is 28.8 Å². The summed E-state index contributed by atoms with van der Waals surface area (Å²) in [6, 6.07) is 6.82. The summed E-state index contributed by atoms with van der Waals surface area (Å²) in [4.78, 5) is 0. The minimum absolute atomic E-state index is 0.425. The van der Waals surface area contributed by atoms with Gasteiger partial charge in [0.1, 0.15) is 5.75 Å². The monoisotopic (exact) mass is 305 g/mol. The zero-order valence-corrected chi connectivity index (χ0v) is 13.5. The predicted molar refractivity (Wildman–Crippen MR) is 86.0 cm³/mol. The van der Waals surface area contributed by atoms with Crippen molar-refractivity contribution in [1.29, 1.82) is 0 Å². The summed E-state index contributed by atoms with van der Waals surface area (Å²) in [5.74, 6) is 2.98. The second kappa shape index (κ2) is 5.17. The molecule has 0 spiro atoms. The third-order valence-corrected chi connectivity index (χ3v) is 5.85. The van der Waals surface area contributed by atoms with Gasteiger partial charge in [-0.3, -0.25) is 0 Å². The van der Waals surface area contributed by atoms with Crippen molar-refractivity contribution in [2.75, 3.05) is 13.7 Å². The molecule has 0 aromatic heterocycles. The van der Waals surface area contributed by atoms with Crippen LogP contribution < -0.4 is 10.1 Å². The highest BCUT2D eigenvalue weighted by Gasteiger charge is 2.53. The van der Waals surface area contributed by atoms with Crippen LogP contribution in [-0.4, -0.2) is 19.7 Å². The lowest BCUT2D eigenvalue weighted by Gasteiger charge is -2.32. The topological polar surface area (TPSA) is 21.3 Å². The molecule has 1 aromatic carbocycles. The average Bonchev–Trinajstić information content (AvgIpc) is 3.37. The summed E-state index contributed by atoms with van der Waals surface area (Å²) in [5, 5.41) is 4.60. The lowest BCUT2D eigenvalue weighted by atomic mass is 9.77. The van der Waals surface area contributed by atoms with Crippen LogP contribution in [0.3, 0.4) is 0 Å². The van der Waals surface area contributed by atoms with Gasteiger partial charge >= 0.3 is 0 Å². The zero-order valence-electron chi connectivity index (χ0n) is 12.7. The first kappa shape index (κ1) is 13.9. The van der Waals surface area contributed by atoms with E-state index < -0.39 is 0 Å². The Labute approximate surface area is 132 Å². The van der Waals surface area contributed by atoms with E-state index in [4.69, 9.17) is 16.3 Å². The van der Waals surface area contributed by atoms with E-state index in [1.54, 1.807) is 7.11 Å². The summed E-state index contributed by atoms with van der Waals surface area (Å²) in [6.45, 7) is 1.17. The Morgan fingerprint density at radius 3 is 2.71 bits per heavy atom. The molecule has 3 aliphatic carbocycles. The Kier molecular flexibility index (Phi) is 3.42. The number of ether oxygens (including phenoxy) is 1. The molecule has 0 amide bonds. The standard InChI is InChI=1S/C18H24ClNO/c1-21-17-5-2-15(19)7-14(17)10-18(11-20-16-3-4-16)8-12-6-13(12)9-18/h2,5,7,12-13,16,20H,3-4,6,8-11H2,1H3. The quantitative estimate of drug-likeness (QED) is 0.856. The largest absolute Gasteiger partial charge is 0.496 e. The van der Waals surface area contributed by atoms with Crippen molar-refractivity contribution in [2.45, 2.75) is 44.6 Å². The van der Waals surface area contributed by atoms with Gasteiger partial charge in [0.25, 0.3) is 0 Å². The molecule has 114 valence electrons. The molecule has 0 aliphatic heterocycles. The second-order valence-electron chi connectivity index (χ2n) is 7.45. The third-order valence-electron chi connectivity index (χ3n) is 5.61. The van der Waals surface area contributed by atoms with Crippen LogP contribution in [0.2, 0.25) is 5.02 Å². The molecule has 0 bridgehead atoms. The minimum atomic E-state index is 0.425. The van der Waals surface area contributed by atoms with Crippen molar-refractivity contribution in [3.63, 3.8) is 0 Å². The molecule has 0 radical (unpaired) electrons. The van der Waals surface area contributed by atoms with Gasteiger partial charge in [-0.05, 0) is 79.5 Å². The number of fused-ring (bicyclic) bond motifs is 1. The molecule has 3 aliphatic rings. The number of benzene rings is 1. The summed E-state index contributed by atoms with van der Waals surface area (Å²) in [6.07, 6.45) is 8.06. The smallest absolute Gasteiger partial charge is 0.122 e. The average molecular weight is 306 g/mol. The van der Waals surface area contributed by atoms with Crippen molar-refractivity contribution < 1.29 is 4.74 Å². The van der Waals surface area contributed by atoms with E-state index in [9.17, 15) is 0 Å². The molecule has 3 saturated carbocycles. The van der Waals surface area contributed by atoms with Gasteiger partial charge in [0.05, 0.1) is 7.11 Å². The van der Waals surface area contributed by atoms with Gasteiger partial charge in [-0.1, -0.05) is 11.6 Å². The highest BCUT2D eigenvalue weighted by atomic mass is 35.5. The number of hydrogen-bond acceptors (Lipinski definition) is 2. The van der Waals surface area contributed by atoms with E-state index in [1.807, 2.05) is 12.1 Å². The molecular weight excluding hydrogens is 282 g/mol. The van der Waals surface area contributed by atoms with Crippen LogP contribution in [0.1, 0.15) is 37.7 Å². The Bertz CT molecular complexity index is 530. The Balaban J connectivity index is 1.54. The Morgan fingerprint density at radius 1 is 1.29 bits per heavy atom. The molecule has 0 heterocycles. The first-order valence-electron chi connectivity index (χ1n) is 8.23. The van der Waals surface area contributed by atoms with Crippen LogP contribution in [0.5, 0.6) is 5.75 Å². The third kappa shape index (κ3) is 2.93.